The standard InChI is InChI=1S/C14H16F3N2O4P/c1-3-22-24(21,23-4-2)12-6-8-5-10(18)9(14(15,16)17)7-11(8)19-13(12)20/h5-7H,3-4,18H2,1-2H3,(H,19,20). The van der Waals surface area contributed by atoms with E-state index in [-0.39, 0.29) is 29.4 Å². The van der Waals surface area contributed by atoms with Crippen LogP contribution in [0.1, 0.15) is 19.4 Å². The van der Waals surface area contributed by atoms with Crippen LogP contribution in [0.15, 0.2) is 23.0 Å². The van der Waals surface area contributed by atoms with Crippen LogP contribution in [0.4, 0.5) is 18.9 Å². The van der Waals surface area contributed by atoms with Crippen molar-refractivity contribution in [2.75, 3.05) is 18.9 Å². The third-order valence-electron chi connectivity index (χ3n) is 3.19. The number of fused-ring (bicyclic) bond motifs is 1. The minimum absolute atomic E-state index is 0.0317. The Hall–Kier alpha value is -1.83. The number of nitrogens with two attached hydrogens (primary N) is 1. The van der Waals surface area contributed by atoms with Gasteiger partial charge in [0.05, 0.1) is 18.8 Å². The summed E-state index contributed by atoms with van der Waals surface area (Å²) in [6, 6.07) is 2.97. The summed E-state index contributed by atoms with van der Waals surface area (Å²) in [4.78, 5) is 14.5. The van der Waals surface area contributed by atoms with E-state index in [0.717, 1.165) is 12.1 Å². The summed E-state index contributed by atoms with van der Waals surface area (Å²) in [5.74, 6) is 0. The van der Waals surface area contributed by atoms with Crippen molar-refractivity contribution in [1.82, 2.24) is 4.98 Å². The first-order chi connectivity index (χ1) is 11.1. The maximum absolute atomic E-state index is 12.9. The van der Waals surface area contributed by atoms with Gasteiger partial charge in [0.1, 0.15) is 5.30 Å². The molecule has 0 bridgehead atoms. The van der Waals surface area contributed by atoms with Gasteiger partial charge in [-0.3, -0.25) is 9.36 Å². The predicted molar refractivity (Wildman–Crippen MR) is 84.5 cm³/mol. The molecular weight excluding hydrogens is 348 g/mol. The Bertz CT molecular complexity index is 853. The number of halogens is 3. The summed E-state index contributed by atoms with van der Waals surface area (Å²) in [6.45, 7) is 3.22. The lowest BCUT2D eigenvalue weighted by molar-refractivity contribution is -0.136. The fourth-order valence-corrected chi connectivity index (χ4v) is 3.86. The van der Waals surface area contributed by atoms with Crippen LogP contribution in [0.25, 0.3) is 10.9 Å². The first-order valence-corrected chi connectivity index (χ1v) is 8.60. The average molecular weight is 364 g/mol. The first-order valence-electron chi connectivity index (χ1n) is 7.05. The third kappa shape index (κ3) is 3.48. The molecule has 2 aromatic rings. The van der Waals surface area contributed by atoms with E-state index in [9.17, 15) is 22.5 Å². The van der Waals surface area contributed by atoms with Crippen molar-refractivity contribution in [3.05, 3.63) is 34.1 Å². The van der Waals surface area contributed by atoms with Gasteiger partial charge >= 0.3 is 13.8 Å². The van der Waals surface area contributed by atoms with E-state index in [0.29, 0.717) is 0 Å². The molecule has 0 fully saturated rings. The second-order valence-corrected chi connectivity index (χ2v) is 6.83. The van der Waals surface area contributed by atoms with Crippen molar-refractivity contribution < 1.29 is 26.8 Å². The van der Waals surface area contributed by atoms with E-state index in [1.54, 1.807) is 13.8 Å². The van der Waals surface area contributed by atoms with E-state index < -0.39 is 30.6 Å². The number of alkyl halides is 3. The molecule has 10 heteroatoms. The Morgan fingerprint density at radius 2 is 1.75 bits per heavy atom. The highest BCUT2D eigenvalue weighted by Crippen LogP contribution is 2.46. The molecule has 6 nitrogen and oxygen atoms in total. The van der Waals surface area contributed by atoms with Gasteiger partial charge in [-0.25, -0.2) is 0 Å². The Balaban J connectivity index is 2.70. The lowest BCUT2D eigenvalue weighted by Crippen LogP contribution is -2.29. The summed E-state index contributed by atoms with van der Waals surface area (Å²) in [6.07, 6.45) is -4.65. The number of nitrogens with one attached hydrogen (secondary N) is 1. The zero-order valence-electron chi connectivity index (χ0n) is 12.9. The number of anilines is 1. The number of benzene rings is 1. The van der Waals surface area contributed by atoms with Crippen LogP contribution in [0.5, 0.6) is 0 Å². The van der Waals surface area contributed by atoms with Crippen molar-refractivity contribution in [2.24, 2.45) is 0 Å². The second-order valence-electron chi connectivity index (χ2n) is 4.84. The smallest absolute Gasteiger partial charge is 0.398 e. The zero-order chi connectivity index (χ0) is 18.1. The number of nitrogen functional groups attached to an aromatic ring is 1. The molecule has 132 valence electrons. The van der Waals surface area contributed by atoms with Crippen LogP contribution >= 0.6 is 7.60 Å². The molecular formula is C14H16F3N2O4P. The Morgan fingerprint density at radius 3 is 2.25 bits per heavy atom. The van der Waals surface area contributed by atoms with Crippen molar-refractivity contribution in [2.45, 2.75) is 20.0 Å². The van der Waals surface area contributed by atoms with Crippen molar-refractivity contribution in [3.63, 3.8) is 0 Å². The molecule has 0 aliphatic heterocycles. The van der Waals surface area contributed by atoms with E-state index in [1.165, 1.54) is 6.07 Å². The Kier molecular flexibility index (Phi) is 5.08. The maximum atomic E-state index is 12.9. The van der Waals surface area contributed by atoms with Gasteiger partial charge < -0.3 is 19.8 Å². The van der Waals surface area contributed by atoms with Gasteiger partial charge in [-0.05, 0) is 32.0 Å². The van der Waals surface area contributed by atoms with E-state index >= 15 is 0 Å². The van der Waals surface area contributed by atoms with Gasteiger partial charge in [-0.1, -0.05) is 0 Å². The molecule has 0 saturated heterocycles. The summed E-state index contributed by atoms with van der Waals surface area (Å²) >= 11 is 0. The first kappa shape index (κ1) is 18.5. The fraction of sp³-hybridized carbons (Fsp3) is 0.357. The molecule has 0 saturated carbocycles. The van der Waals surface area contributed by atoms with Gasteiger partial charge in [0.25, 0.3) is 5.56 Å². The highest BCUT2D eigenvalue weighted by atomic mass is 31.2. The average Bonchev–Trinajstić information content (AvgIpc) is 2.45. The van der Waals surface area contributed by atoms with Crippen LogP contribution in [0.2, 0.25) is 0 Å². The lowest BCUT2D eigenvalue weighted by atomic mass is 10.1. The van der Waals surface area contributed by atoms with Crippen molar-refractivity contribution in [3.8, 4) is 0 Å². The number of aromatic amines is 1. The molecule has 1 aromatic carbocycles. The number of H-pyrrole nitrogens is 1. The molecule has 1 aromatic heterocycles. The number of hydrogen-bond acceptors (Lipinski definition) is 5. The van der Waals surface area contributed by atoms with Gasteiger partial charge in [-0.15, -0.1) is 0 Å². The molecule has 24 heavy (non-hydrogen) atoms. The SMILES string of the molecule is CCOP(=O)(OCC)c1cc2cc(N)c(C(F)(F)F)cc2[nH]c1=O. The summed E-state index contributed by atoms with van der Waals surface area (Å²) in [5, 5.41) is -0.0902. The van der Waals surface area contributed by atoms with E-state index in [4.69, 9.17) is 14.8 Å². The molecule has 0 aliphatic rings. The van der Waals surface area contributed by atoms with Gasteiger partial charge in [0.2, 0.25) is 0 Å². The molecule has 2 rings (SSSR count). The third-order valence-corrected chi connectivity index (χ3v) is 5.31. The lowest BCUT2D eigenvalue weighted by Gasteiger charge is -2.17. The highest BCUT2D eigenvalue weighted by Gasteiger charge is 2.34. The quantitative estimate of drug-likeness (QED) is 0.628. The molecule has 3 N–H and O–H groups in total. The second kappa shape index (κ2) is 6.58. The maximum Gasteiger partial charge on any atom is 0.418 e. The van der Waals surface area contributed by atoms with Crippen LogP contribution in [-0.4, -0.2) is 18.2 Å². The minimum Gasteiger partial charge on any atom is -0.398 e. The molecule has 0 spiro atoms. The Labute approximate surface area is 135 Å². The molecule has 1 heterocycles. The summed E-state index contributed by atoms with van der Waals surface area (Å²) in [5.41, 5.74) is 2.96. The van der Waals surface area contributed by atoms with Gasteiger partial charge in [-0.2, -0.15) is 13.2 Å². The Morgan fingerprint density at radius 1 is 1.17 bits per heavy atom. The summed E-state index contributed by atoms with van der Waals surface area (Å²) in [7, 11) is -3.88. The normalized spacial score (nSPS) is 12.7. The molecule has 0 unspecified atom stereocenters. The van der Waals surface area contributed by atoms with Crippen molar-refractivity contribution >= 4 is 29.5 Å². The summed E-state index contributed by atoms with van der Waals surface area (Å²) < 4.78 is 61.6. The monoisotopic (exact) mass is 364 g/mol. The van der Waals surface area contributed by atoms with Crippen LogP contribution < -0.4 is 16.6 Å². The zero-order valence-corrected chi connectivity index (χ0v) is 13.8. The molecule has 0 amide bonds. The largest absolute Gasteiger partial charge is 0.418 e. The van der Waals surface area contributed by atoms with Crippen LogP contribution in [0, 0.1) is 0 Å². The van der Waals surface area contributed by atoms with E-state index in [2.05, 4.69) is 4.98 Å². The molecule has 0 radical (unpaired) electrons. The van der Waals surface area contributed by atoms with Gasteiger partial charge in [0.15, 0.2) is 0 Å². The van der Waals surface area contributed by atoms with E-state index in [1.807, 2.05) is 0 Å². The molecule has 0 atom stereocenters. The van der Waals surface area contributed by atoms with Crippen molar-refractivity contribution in [1.29, 1.82) is 0 Å². The number of hydrogen-bond donors (Lipinski definition) is 2. The predicted octanol–water partition coefficient (Wildman–Crippen LogP) is 3.02. The number of aromatic nitrogens is 1. The number of rotatable bonds is 5. The van der Waals surface area contributed by atoms with Gasteiger partial charge in [0, 0.05) is 16.6 Å². The number of pyridine rings is 1. The topological polar surface area (TPSA) is 94.4 Å². The van der Waals surface area contributed by atoms with Crippen LogP contribution in [-0.2, 0) is 19.8 Å². The molecule has 0 aliphatic carbocycles. The van der Waals surface area contributed by atoms with Crippen LogP contribution in [0.3, 0.4) is 0 Å². The fourth-order valence-electron chi connectivity index (χ4n) is 2.23. The highest BCUT2D eigenvalue weighted by molar-refractivity contribution is 7.62. The minimum atomic E-state index is -4.65.